The number of anilines is 1. The van der Waals surface area contributed by atoms with Gasteiger partial charge in [-0.3, -0.25) is 13.9 Å². The van der Waals surface area contributed by atoms with Crippen LogP contribution in [0.5, 0.6) is 0 Å². The molecule has 1 atom stereocenters. The molecule has 2 amide bonds. The highest BCUT2D eigenvalue weighted by molar-refractivity contribution is 7.92. The minimum absolute atomic E-state index is 0.0879. The summed E-state index contributed by atoms with van der Waals surface area (Å²) in [6.45, 7) is 11.6. The molecule has 2 aromatic carbocycles. The fraction of sp³-hybridized carbons (Fsp3) is 0.481. The molecule has 0 saturated heterocycles. The van der Waals surface area contributed by atoms with Gasteiger partial charge in [0.2, 0.25) is 21.8 Å². The molecule has 0 aromatic heterocycles. The molecule has 2 aromatic rings. The lowest BCUT2D eigenvalue weighted by Crippen LogP contribution is -2.52. The van der Waals surface area contributed by atoms with Gasteiger partial charge in [-0.15, -0.1) is 0 Å². The van der Waals surface area contributed by atoms with Gasteiger partial charge in [0.25, 0.3) is 0 Å². The van der Waals surface area contributed by atoms with Crippen molar-refractivity contribution in [2.24, 2.45) is 0 Å². The number of carbonyl (C=O) groups is 2. The molecule has 0 radical (unpaired) electrons. The maximum absolute atomic E-state index is 13.4. The lowest BCUT2D eigenvalue weighted by atomic mass is 10.1. The van der Waals surface area contributed by atoms with Crippen LogP contribution in [0.3, 0.4) is 0 Å². The van der Waals surface area contributed by atoms with Gasteiger partial charge in [-0.1, -0.05) is 47.5 Å². The van der Waals surface area contributed by atoms with Crippen LogP contribution in [-0.4, -0.2) is 49.5 Å². The van der Waals surface area contributed by atoms with Gasteiger partial charge in [0.1, 0.15) is 6.04 Å². The average molecular weight is 536 g/mol. The maximum Gasteiger partial charge on any atom is 0.242 e. The van der Waals surface area contributed by atoms with Gasteiger partial charge in [0.15, 0.2) is 0 Å². The molecule has 198 valence electrons. The van der Waals surface area contributed by atoms with Crippen LogP contribution >= 0.6 is 11.6 Å². The van der Waals surface area contributed by atoms with Gasteiger partial charge in [0, 0.05) is 30.1 Å². The van der Waals surface area contributed by atoms with Crippen molar-refractivity contribution in [3.63, 3.8) is 0 Å². The Labute approximate surface area is 220 Å². The van der Waals surface area contributed by atoms with E-state index in [1.54, 1.807) is 30.0 Å². The van der Waals surface area contributed by atoms with Crippen LogP contribution in [0.15, 0.2) is 42.5 Å². The third-order valence-corrected chi connectivity index (χ3v) is 7.11. The topological polar surface area (TPSA) is 86.8 Å². The summed E-state index contributed by atoms with van der Waals surface area (Å²) in [5, 5.41) is 3.38. The standard InChI is InChI=1S/C27H38ClN3O4S/c1-19-10-8-11-22(16-19)18-30(21(3)26(33)29-27(4,5)6)25(32)12-9-15-31(36(7,34)35)24-17-23(28)14-13-20(24)2/h8,10-11,13-14,16-17,21H,9,12,15,18H2,1-7H3,(H,29,33)/t21-/m0/s1. The molecule has 0 heterocycles. The van der Waals surface area contributed by atoms with E-state index >= 15 is 0 Å². The quantitative estimate of drug-likeness (QED) is 0.472. The molecule has 9 heteroatoms. The van der Waals surface area contributed by atoms with Crippen molar-refractivity contribution < 1.29 is 18.0 Å². The van der Waals surface area contributed by atoms with Crippen molar-refractivity contribution in [2.75, 3.05) is 17.1 Å². The second kappa shape index (κ2) is 12.1. The van der Waals surface area contributed by atoms with E-state index in [1.807, 2.05) is 58.9 Å². The Morgan fingerprint density at radius 1 is 1.08 bits per heavy atom. The second-order valence-electron chi connectivity index (χ2n) is 10.3. The van der Waals surface area contributed by atoms with Crippen LogP contribution in [0.25, 0.3) is 0 Å². The van der Waals surface area contributed by atoms with Gasteiger partial charge >= 0.3 is 0 Å². The Balaban J connectivity index is 2.23. The van der Waals surface area contributed by atoms with E-state index in [0.717, 1.165) is 22.9 Å². The summed E-state index contributed by atoms with van der Waals surface area (Å²) in [7, 11) is -3.59. The number of rotatable bonds is 10. The van der Waals surface area contributed by atoms with Crippen molar-refractivity contribution in [3.8, 4) is 0 Å². The summed E-state index contributed by atoms with van der Waals surface area (Å²) in [5.41, 5.74) is 2.81. The van der Waals surface area contributed by atoms with E-state index in [-0.39, 0.29) is 37.7 Å². The van der Waals surface area contributed by atoms with Gasteiger partial charge in [-0.2, -0.15) is 0 Å². The number of nitrogens with one attached hydrogen (secondary N) is 1. The third kappa shape index (κ3) is 8.82. The molecule has 0 spiro atoms. The van der Waals surface area contributed by atoms with E-state index in [4.69, 9.17) is 11.6 Å². The van der Waals surface area contributed by atoms with Crippen molar-refractivity contribution in [3.05, 3.63) is 64.2 Å². The summed E-state index contributed by atoms with van der Waals surface area (Å²) < 4.78 is 26.4. The highest BCUT2D eigenvalue weighted by atomic mass is 35.5. The lowest BCUT2D eigenvalue weighted by molar-refractivity contribution is -0.141. The smallest absolute Gasteiger partial charge is 0.242 e. The van der Waals surface area contributed by atoms with Crippen LogP contribution in [0.1, 0.15) is 57.2 Å². The molecule has 0 fully saturated rings. The lowest BCUT2D eigenvalue weighted by Gasteiger charge is -2.32. The largest absolute Gasteiger partial charge is 0.350 e. The van der Waals surface area contributed by atoms with Crippen LogP contribution in [0, 0.1) is 13.8 Å². The number of benzene rings is 2. The molecule has 2 rings (SSSR count). The Bertz CT molecular complexity index is 1190. The van der Waals surface area contributed by atoms with E-state index in [0.29, 0.717) is 10.7 Å². The van der Waals surface area contributed by atoms with E-state index in [9.17, 15) is 18.0 Å². The van der Waals surface area contributed by atoms with Crippen LogP contribution in [-0.2, 0) is 26.2 Å². The highest BCUT2D eigenvalue weighted by Gasteiger charge is 2.29. The van der Waals surface area contributed by atoms with E-state index < -0.39 is 21.6 Å². The van der Waals surface area contributed by atoms with Crippen molar-refractivity contribution in [1.29, 1.82) is 0 Å². The Hall–Kier alpha value is -2.58. The van der Waals surface area contributed by atoms with Crippen LogP contribution in [0.4, 0.5) is 5.69 Å². The van der Waals surface area contributed by atoms with Crippen molar-refractivity contribution >= 4 is 39.1 Å². The molecule has 36 heavy (non-hydrogen) atoms. The molecule has 0 saturated carbocycles. The number of carbonyl (C=O) groups excluding carboxylic acids is 2. The number of sulfonamides is 1. The van der Waals surface area contributed by atoms with Gasteiger partial charge in [-0.05, 0) is 71.2 Å². The highest BCUT2D eigenvalue weighted by Crippen LogP contribution is 2.27. The second-order valence-corrected chi connectivity index (χ2v) is 12.6. The fourth-order valence-corrected chi connectivity index (χ4v) is 5.08. The summed E-state index contributed by atoms with van der Waals surface area (Å²) in [6.07, 6.45) is 1.51. The summed E-state index contributed by atoms with van der Waals surface area (Å²) >= 11 is 6.12. The minimum atomic E-state index is -3.59. The molecular formula is C27H38ClN3O4S. The van der Waals surface area contributed by atoms with Gasteiger partial charge in [0.05, 0.1) is 11.9 Å². The molecule has 0 aliphatic carbocycles. The average Bonchev–Trinajstić information content (AvgIpc) is 2.74. The zero-order valence-electron chi connectivity index (χ0n) is 22.3. The predicted molar refractivity (Wildman–Crippen MR) is 147 cm³/mol. The maximum atomic E-state index is 13.4. The number of aryl methyl sites for hydroxylation is 2. The summed E-state index contributed by atoms with van der Waals surface area (Å²) in [6, 6.07) is 12.2. The molecule has 0 aliphatic heterocycles. The first-order chi connectivity index (χ1) is 16.6. The fourth-order valence-electron chi connectivity index (χ4n) is 3.90. The minimum Gasteiger partial charge on any atom is -0.350 e. The number of hydrogen-bond donors (Lipinski definition) is 1. The SMILES string of the molecule is Cc1cccc(CN(C(=O)CCCN(c2cc(Cl)ccc2C)S(C)(=O)=O)[C@@H](C)C(=O)NC(C)(C)C)c1. The first-order valence-corrected chi connectivity index (χ1v) is 14.2. The molecule has 7 nitrogen and oxygen atoms in total. The number of nitrogens with zero attached hydrogens (tertiary/aromatic N) is 2. The number of amides is 2. The molecular weight excluding hydrogens is 498 g/mol. The summed E-state index contributed by atoms with van der Waals surface area (Å²) in [5.74, 6) is -0.458. The number of halogens is 1. The first kappa shape index (κ1) is 29.6. The van der Waals surface area contributed by atoms with Crippen molar-refractivity contribution in [1.82, 2.24) is 10.2 Å². The molecule has 0 bridgehead atoms. The zero-order valence-corrected chi connectivity index (χ0v) is 23.8. The van der Waals surface area contributed by atoms with Crippen LogP contribution < -0.4 is 9.62 Å². The normalized spacial score (nSPS) is 12.7. The molecule has 1 N–H and O–H groups in total. The Morgan fingerprint density at radius 3 is 2.33 bits per heavy atom. The van der Waals surface area contributed by atoms with E-state index in [2.05, 4.69) is 5.32 Å². The molecule has 0 unspecified atom stereocenters. The first-order valence-electron chi connectivity index (χ1n) is 12.0. The third-order valence-electron chi connectivity index (χ3n) is 5.69. The van der Waals surface area contributed by atoms with E-state index in [1.165, 1.54) is 4.31 Å². The molecule has 0 aliphatic rings. The van der Waals surface area contributed by atoms with Gasteiger partial charge in [-0.25, -0.2) is 8.42 Å². The zero-order chi connectivity index (χ0) is 27.3. The van der Waals surface area contributed by atoms with Crippen molar-refractivity contribution in [2.45, 2.75) is 72.5 Å². The Kier molecular flexibility index (Phi) is 9.97. The number of hydrogen-bond acceptors (Lipinski definition) is 4. The Morgan fingerprint density at radius 2 is 1.75 bits per heavy atom. The summed E-state index contributed by atoms with van der Waals surface area (Å²) in [4.78, 5) is 27.9. The van der Waals surface area contributed by atoms with Crippen LogP contribution in [0.2, 0.25) is 5.02 Å². The monoisotopic (exact) mass is 535 g/mol. The van der Waals surface area contributed by atoms with Gasteiger partial charge < -0.3 is 10.2 Å². The predicted octanol–water partition coefficient (Wildman–Crippen LogP) is 4.84.